The molecule has 0 bridgehead atoms. The predicted molar refractivity (Wildman–Crippen MR) is 84.1 cm³/mol. The Hall–Kier alpha value is -1.36. The molecule has 1 unspecified atom stereocenters. The number of hydrogen-bond donors (Lipinski definition) is 0. The summed E-state index contributed by atoms with van der Waals surface area (Å²) in [4.78, 5) is 16.9. The first-order valence-electron chi connectivity index (χ1n) is 8.03. The van der Waals surface area contributed by atoms with Crippen LogP contribution in [-0.2, 0) is 11.3 Å². The van der Waals surface area contributed by atoms with Gasteiger partial charge in [0.2, 0.25) is 5.91 Å². The molecule has 118 valence electrons. The van der Waals surface area contributed by atoms with Crippen LogP contribution in [0.15, 0.2) is 12.4 Å². The third kappa shape index (κ3) is 4.06. The van der Waals surface area contributed by atoms with Crippen LogP contribution in [0.2, 0.25) is 0 Å². The molecule has 1 aliphatic heterocycles. The number of amides is 1. The molecule has 0 radical (unpaired) electrons. The highest BCUT2D eigenvalue weighted by Crippen LogP contribution is 2.16. The van der Waals surface area contributed by atoms with Crippen molar-refractivity contribution in [2.24, 2.45) is 0 Å². The number of rotatable bonds is 5. The molecule has 21 heavy (non-hydrogen) atoms. The summed E-state index contributed by atoms with van der Waals surface area (Å²) in [6.45, 7) is 12.1. The van der Waals surface area contributed by atoms with E-state index >= 15 is 0 Å². The number of carbonyl (C=O) groups excluding carboxylic acids is 1. The molecular weight excluding hydrogens is 264 g/mol. The van der Waals surface area contributed by atoms with E-state index in [4.69, 9.17) is 0 Å². The fourth-order valence-electron chi connectivity index (χ4n) is 3.10. The van der Waals surface area contributed by atoms with Crippen molar-refractivity contribution in [2.75, 3.05) is 19.6 Å². The van der Waals surface area contributed by atoms with Gasteiger partial charge in [-0.25, -0.2) is 0 Å². The zero-order chi connectivity index (χ0) is 15.4. The monoisotopic (exact) mass is 292 g/mol. The average molecular weight is 292 g/mol. The molecule has 1 aromatic heterocycles. The summed E-state index contributed by atoms with van der Waals surface area (Å²) in [6.07, 6.45) is 5.46. The van der Waals surface area contributed by atoms with Gasteiger partial charge in [0.15, 0.2) is 0 Å². The quantitative estimate of drug-likeness (QED) is 0.832. The van der Waals surface area contributed by atoms with Gasteiger partial charge in [0.1, 0.15) is 0 Å². The van der Waals surface area contributed by atoms with Crippen LogP contribution in [0.25, 0.3) is 0 Å². The Morgan fingerprint density at radius 3 is 2.76 bits per heavy atom. The van der Waals surface area contributed by atoms with Crippen LogP contribution in [0.5, 0.6) is 0 Å². The lowest BCUT2D eigenvalue weighted by atomic mass is 10.1. The van der Waals surface area contributed by atoms with Gasteiger partial charge < -0.3 is 4.90 Å². The van der Waals surface area contributed by atoms with Crippen molar-refractivity contribution in [1.82, 2.24) is 19.6 Å². The second kappa shape index (κ2) is 7.07. The Bertz CT molecular complexity index is 469. The number of aryl methyl sites for hydroxylation is 2. The van der Waals surface area contributed by atoms with E-state index in [0.717, 1.165) is 31.6 Å². The number of hydrogen-bond acceptors (Lipinski definition) is 3. The highest BCUT2D eigenvalue weighted by atomic mass is 16.2. The Labute approximate surface area is 127 Å². The Balaban J connectivity index is 1.85. The van der Waals surface area contributed by atoms with E-state index in [0.29, 0.717) is 25.0 Å². The summed E-state index contributed by atoms with van der Waals surface area (Å²) in [5, 5.41) is 4.24. The van der Waals surface area contributed by atoms with E-state index in [1.165, 1.54) is 0 Å². The maximum atomic E-state index is 12.4. The second-order valence-electron chi connectivity index (χ2n) is 6.26. The molecule has 1 saturated heterocycles. The minimum Gasteiger partial charge on any atom is -0.340 e. The molecule has 0 spiro atoms. The van der Waals surface area contributed by atoms with E-state index in [-0.39, 0.29) is 5.91 Å². The molecule has 1 amide bonds. The molecule has 1 atom stereocenters. The average Bonchev–Trinajstić information content (AvgIpc) is 2.89. The normalized spacial score (nSPS) is 20.2. The molecule has 0 saturated carbocycles. The van der Waals surface area contributed by atoms with Crippen molar-refractivity contribution >= 4 is 5.91 Å². The summed E-state index contributed by atoms with van der Waals surface area (Å²) < 4.78 is 1.86. The molecule has 2 heterocycles. The van der Waals surface area contributed by atoms with Crippen LogP contribution in [0.1, 0.15) is 39.2 Å². The first kappa shape index (κ1) is 16.0. The van der Waals surface area contributed by atoms with E-state index < -0.39 is 0 Å². The lowest BCUT2D eigenvalue weighted by Crippen LogP contribution is -2.56. The van der Waals surface area contributed by atoms with Gasteiger partial charge in [-0.2, -0.15) is 5.10 Å². The van der Waals surface area contributed by atoms with Gasteiger partial charge in [-0.3, -0.25) is 14.4 Å². The molecule has 1 aromatic rings. The number of nitrogens with zero attached hydrogens (tertiary/aromatic N) is 4. The molecule has 0 N–H and O–H groups in total. The van der Waals surface area contributed by atoms with E-state index in [1.54, 1.807) is 0 Å². The highest BCUT2D eigenvalue weighted by molar-refractivity contribution is 5.76. The largest absolute Gasteiger partial charge is 0.340 e. The zero-order valence-electron chi connectivity index (χ0n) is 13.7. The number of carbonyl (C=O) groups is 1. The first-order chi connectivity index (χ1) is 10.0. The lowest BCUT2D eigenvalue weighted by Gasteiger charge is -2.43. The van der Waals surface area contributed by atoms with Crippen molar-refractivity contribution in [3.05, 3.63) is 18.0 Å². The Kier molecular flexibility index (Phi) is 5.39. The fraction of sp³-hybridized carbons (Fsp3) is 0.750. The molecule has 1 fully saturated rings. The van der Waals surface area contributed by atoms with Crippen molar-refractivity contribution < 1.29 is 4.79 Å². The molecule has 0 aliphatic carbocycles. The predicted octanol–water partition coefficient (Wildman–Crippen LogP) is 1.91. The fourth-order valence-corrected chi connectivity index (χ4v) is 3.10. The standard InChI is InChI=1S/C16H28N4O/c1-5-15-12-18(8-9-20(15)13(2)3)16(21)6-7-19-11-14(4)10-17-19/h10-11,13,15H,5-9,12H2,1-4H3. The van der Waals surface area contributed by atoms with E-state index in [2.05, 4.69) is 30.8 Å². The first-order valence-corrected chi connectivity index (χ1v) is 8.03. The molecule has 5 nitrogen and oxygen atoms in total. The molecule has 5 heteroatoms. The van der Waals surface area contributed by atoms with Crippen LogP contribution in [0.3, 0.4) is 0 Å². The summed E-state index contributed by atoms with van der Waals surface area (Å²) in [6, 6.07) is 1.05. The topological polar surface area (TPSA) is 41.4 Å². The van der Waals surface area contributed by atoms with E-state index in [9.17, 15) is 4.79 Å². The number of piperazine rings is 1. The molecule has 2 rings (SSSR count). The van der Waals surface area contributed by atoms with Crippen molar-refractivity contribution in [3.63, 3.8) is 0 Å². The van der Waals surface area contributed by atoms with Crippen molar-refractivity contribution in [2.45, 2.75) is 59.2 Å². The smallest absolute Gasteiger partial charge is 0.224 e. The molecule has 1 aliphatic rings. The maximum Gasteiger partial charge on any atom is 0.224 e. The van der Waals surface area contributed by atoms with Gasteiger partial charge in [-0.15, -0.1) is 0 Å². The van der Waals surface area contributed by atoms with Crippen molar-refractivity contribution in [1.29, 1.82) is 0 Å². The number of aromatic nitrogens is 2. The van der Waals surface area contributed by atoms with Gasteiger partial charge in [-0.1, -0.05) is 6.92 Å². The second-order valence-corrected chi connectivity index (χ2v) is 6.26. The minimum absolute atomic E-state index is 0.255. The van der Waals surface area contributed by atoms with Crippen LogP contribution >= 0.6 is 0 Å². The minimum atomic E-state index is 0.255. The zero-order valence-corrected chi connectivity index (χ0v) is 13.7. The Morgan fingerprint density at radius 1 is 1.43 bits per heavy atom. The third-order valence-corrected chi connectivity index (χ3v) is 4.33. The molecule has 0 aromatic carbocycles. The van der Waals surface area contributed by atoms with Crippen LogP contribution in [-0.4, -0.2) is 57.2 Å². The molecular formula is C16H28N4O. The summed E-state index contributed by atoms with van der Waals surface area (Å²) in [7, 11) is 0. The van der Waals surface area contributed by atoms with Gasteiger partial charge in [0.05, 0.1) is 6.20 Å². The summed E-state index contributed by atoms with van der Waals surface area (Å²) in [5.74, 6) is 0.255. The van der Waals surface area contributed by atoms with Gasteiger partial charge in [0.25, 0.3) is 0 Å². The lowest BCUT2D eigenvalue weighted by molar-refractivity contribution is -0.135. The summed E-state index contributed by atoms with van der Waals surface area (Å²) in [5.41, 5.74) is 1.14. The third-order valence-electron chi connectivity index (χ3n) is 4.33. The summed E-state index contributed by atoms with van der Waals surface area (Å²) >= 11 is 0. The van der Waals surface area contributed by atoms with Crippen LogP contribution in [0.4, 0.5) is 0 Å². The van der Waals surface area contributed by atoms with Gasteiger partial charge in [0, 0.05) is 50.9 Å². The highest BCUT2D eigenvalue weighted by Gasteiger charge is 2.29. The van der Waals surface area contributed by atoms with Crippen LogP contribution < -0.4 is 0 Å². The van der Waals surface area contributed by atoms with Gasteiger partial charge in [-0.05, 0) is 32.8 Å². The Morgan fingerprint density at radius 2 is 2.19 bits per heavy atom. The van der Waals surface area contributed by atoms with Crippen molar-refractivity contribution in [3.8, 4) is 0 Å². The van der Waals surface area contributed by atoms with E-state index in [1.807, 2.05) is 28.9 Å². The van der Waals surface area contributed by atoms with Gasteiger partial charge >= 0.3 is 0 Å². The maximum absolute atomic E-state index is 12.4. The van der Waals surface area contributed by atoms with Crippen LogP contribution in [0, 0.1) is 6.92 Å². The SMILES string of the molecule is CCC1CN(C(=O)CCn2cc(C)cn2)CCN1C(C)C.